The lowest BCUT2D eigenvalue weighted by Crippen LogP contribution is -2.49. The van der Waals surface area contributed by atoms with Crippen LogP contribution >= 0.6 is 0 Å². The molecule has 1 fully saturated rings. The summed E-state index contributed by atoms with van der Waals surface area (Å²) < 4.78 is 5.35. The van der Waals surface area contributed by atoms with Crippen molar-refractivity contribution in [2.45, 2.75) is 44.6 Å². The third kappa shape index (κ3) is 1.41. The molecule has 0 aromatic rings. The van der Waals surface area contributed by atoms with Crippen LogP contribution in [0.2, 0.25) is 0 Å². The Morgan fingerprint density at radius 3 is 2.77 bits per heavy atom. The van der Waals surface area contributed by atoms with Gasteiger partial charge >= 0.3 is 6.09 Å². The maximum atomic E-state index is 11.0. The fourth-order valence-corrected chi connectivity index (χ4v) is 2.09. The van der Waals surface area contributed by atoms with E-state index in [2.05, 4.69) is 10.5 Å². The molecule has 1 aliphatic carbocycles. The minimum atomic E-state index is -0.410. The Balaban J connectivity index is 2.22. The fourth-order valence-electron chi connectivity index (χ4n) is 2.09. The Bertz CT molecular complexity index is 254. The number of hydrogen-bond donors (Lipinski definition) is 1. The van der Waals surface area contributed by atoms with Crippen molar-refractivity contribution >= 4 is 11.8 Å². The van der Waals surface area contributed by atoms with Crippen molar-refractivity contribution in [1.82, 2.24) is 5.43 Å². The van der Waals surface area contributed by atoms with Crippen LogP contribution < -0.4 is 5.43 Å². The Morgan fingerprint density at radius 1 is 1.38 bits per heavy atom. The van der Waals surface area contributed by atoms with Gasteiger partial charge in [-0.05, 0) is 32.6 Å². The molecule has 1 spiro atoms. The van der Waals surface area contributed by atoms with Crippen LogP contribution in [0.5, 0.6) is 0 Å². The topological polar surface area (TPSA) is 50.7 Å². The van der Waals surface area contributed by atoms with Crippen LogP contribution in [0, 0.1) is 0 Å². The second-order valence-corrected chi connectivity index (χ2v) is 3.75. The van der Waals surface area contributed by atoms with Gasteiger partial charge in [0.1, 0.15) is 0 Å². The number of carbonyl (C=O) groups excluding carboxylic acids is 1. The first-order chi connectivity index (χ1) is 6.23. The minimum Gasteiger partial charge on any atom is -0.435 e. The summed E-state index contributed by atoms with van der Waals surface area (Å²) in [5.41, 5.74) is 2.86. The highest BCUT2D eigenvalue weighted by Crippen LogP contribution is 2.34. The van der Waals surface area contributed by atoms with E-state index in [1.165, 1.54) is 6.42 Å². The molecule has 1 amide bonds. The number of nitrogens with zero attached hydrogens (tertiary/aromatic N) is 1. The third-order valence-electron chi connectivity index (χ3n) is 2.92. The monoisotopic (exact) mass is 182 g/mol. The van der Waals surface area contributed by atoms with Crippen molar-refractivity contribution in [3.8, 4) is 0 Å². The Hall–Kier alpha value is -1.06. The summed E-state index contributed by atoms with van der Waals surface area (Å²) in [6.07, 6.45) is 4.93. The highest BCUT2D eigenvalue weighted by Gasteiger charge is 2.41. The van der Waals surface area contributed by atoms with Crippen LogP contribution in [0.1, 0.15) is 39.0 Å². The smallest absolute Gasteiger partial charge is 0.428 e. The van der Waals surface area contributed by atoms with Crippen molar-refractivity contribution < 1.29 is 9.53 Å². The fraction of sp³-hybridized carbons (Fsp3) is 0.778. The second-order valence-electron chi connectivity index (χ2n) is 3.75. The molecule has 1 saturated carbocycles. The second kappa shape index (κ2) is 3.01. The molecule has 72 valence electrons. The van der Waals surface area contributed by atoms with E-state index < -0.39 is 6.09 Å². The van der Waals surface area contributed by atoms with E-state index >= 15 is 0 Å². The van der Waals surface area contributed by atoms with Gasteiger partial charge in [-0.25, -0.2) is 10.2 Å². The Labute approximate surface area is 77.3 Å². The first kappa shape index (κ1) is 8.53. The average molecular weight is 182 g/mol. The molecule has 0 unspecified atom stereocenters. The normalized spacial score (nSPS) is 26.2. The summed E-state index contributed by atoms with van der Waals surface area (Å²) in [6.45, 7) is 1.92. The summed E-state index contributed by atoms with van der Waals surface area (Å²) in [5, 5.41) is 3.98. The van der Waals surface area contributed by atoms with Gasteiger partial charge in [0.15, 0.2) is 5.60 Å². The highest BCUT2D eigenvalue weighted by molar-refractivity contribution is 5.94. The van der Waals surface area contributed by atoms with Crippen LogP contribution in [0.4, 0.5) is 4.79 Å². The largest absolute Gasteiger partial charge is 0.435 e. The van der Waals surface area contributed by atoms with E-state index in [1.54, 1.807) is 0 Å². The lowest BCUT2D eigenvalue weighted by atomic mass is 9.81. The Kier molecular flexibility index (Phi) is 1.98. The van der Waals surface area contributed by atoms with Gasteiger partial charge < -0.3 is 4.74 Å². The lowest BCUT2D eigenvalue weighted by Gasteiger charge is -2.38. The van der Waals surface area contributed by atoms with Gasteiger partial charge in [0.05, 0.1) is 5.71 Å². The maximum Gasteiger partial charge on any atom is 0.428 e. The maximum absolute atomic E-state index is 11.0. The van der Waals surface area contributed by atoms with Gasteiger partial charge in [-0.1, -0.05) is 6.42 Å². The van der Waals surface area contributed by atoms with Crippen molar-refractivity contribution in [1.29, 1.82) is 0 Å². The molecule has 0 saturated heterocycles. The van der Waals surface area contributed by atoms with Crippen molar-refractivity contribution in [2.75, 3.05) is 0 Å². The number of hydrazone groups is 1. The lowest BCUT2D eigenvalue weighted by molar-refractivity contribution is 0.0270. The highest BCUT2D eigenvalue weighted by atomic mass is 16.6. The Morgan fingerprint density at radius 2 is 2.08 bits per heavy atom. The average Bonchev–Trinajstić information content (AvgIpc) is 2.14. The standard InChI is InChI=1S/C9H14N2O2/c1-7-9(5-3-2-4-6-9)13-8(12)11-10-7/h2-6H2,1H3,(H,11,12). The first-order valence-electron chi connectivity index (χ1n) is 4.77. The number of carbonyl (C=O) groups is 1. The van der Waals surface area contributed by atoms with E-state index in [9.17, 15) is 4.79 Å². The summed E-state index contributed by atoms with van der Waals surface area (Å²) in [7, 11) is 0. The molecule has 0 aromatic carbocycles. The number of amides is 1. The van der Waals surface area contributed by atoms with Crippen LogP contribution in [0.25, 0.3) is 0 Å². The van der Waals surface area contributed by atoms with Crippen LogP contribution in [0.3, 0.4) is 0 Å². The molecule has 0 atom stereocenters. The molecule has 0 radical (unpaired) electrons. The molecule has 4 nitrogen and oxygen atoms in total. The predicted octanol–water partition coefficient (Wildman–Crippen LogP) is 1.81. The van der Waals surface area contributed by atoms with E-state index in [1.807, 2.05) is 6.92 Å². The van der Waals surface area contributed by atoms with E-state index in [4.69, 9.17) is 4.74 Å². The summed E-state index contributed by atoms with van der Waals surface area (Å²) in [6, 6.07) is 0. The van der Waals surface area contributed by atoms with Gasteiger partial charge in [-0.15, -0.1) is 0 Å². The molecule has 2 aliphatic rings. The molecule has 4 heteroatoms. The summed E-state index contributed by atoms with van der Waals surface area (Å²) in [4.78, 5) is 11.0. The SMILES string of the molecule is CC1=NNC(=O)OC12CCCCC2. The molecular formula is C9H14N2O2. The third-order valence-corrected chi connectivity index (χ3v) is 2.92. The van der Waals surface area contributed by atoms with Gasteiger partial charge in [0, 0.05) is 0 Å². The first-order valence-corrected chi connectivity index (χ1v) is 4.77. The van der Waals surface area contributed by atoms with Gasteiger partial charge in [0.25, 0.3) is 0 Å². The zero-order valence-electron chi connectivity index (χ0n) is 7.80. The number of ether oxygens (including phenoxy) is 1. The summed E-state index contributed by atoms with van der Waals surface area (Å²) >= 11 is 0. The molecule has 1 N–H and O–H groups in total. The zero-order chi connectivity index (χ0) is 9.31. The van der Waals surface area contributed by atoms with Crippen molar-refractivity contribution in [3.05, 3.63) is 0 Å². The van der Waals surface area contributed by atoms with E-state index in [0.717, 1.165) is 31.4 Å². The van der Waals surface area contributed by atoms with Crippen LogP contribution in [-0.4, -0.2) is 17.4 Å². The van der Waals surface area contributed by atoms with Crippen molar-refractivity contribution in [3.63, 3.8) is 0 Å². The molecular weight excluding hydrogens is 168 g/mol. The van der Waals surface area contributed by atoms with E-state index in [-0.39, 0.29) is 5.60 Å². The summed E-state index contributed by atoms with van der Waals surface area (Å²) in [5.74, 6) is 0. The minimum absolute atomic E-state index is 0.374. The zero-order valence-corrected chi connectivity index (χ0v) is 7.80. The molecule has 1 heterocycles. The van der Waals surface area contributed by atoms with Gasteiger partial charge in [0.2, 0.25) is 0 Å². The van der Waals surface area contributed by atoms with Gasteiger partial charge in [-0.2, -0.15) is 5.10 Å². The number of rotatable bonds is 0. The van der Waals surface area contributed by atoms with E-state index in [0.29, 0.717) is 0 Å². The predicted molar refractivity (Wildman–Crippen MR) is 48.5 cm³/mol. The van der Waals surface area contributed by atoms with Gasteiger partial charge in [-0.3, -0.25) is 0 Å². The quantitative estimate of drug-likeness (QED) is 0.621. The molecule has 13 heavy (non-hydrogen) atoms. The van der Waals surface area contributed by atoms with Crippen LogP contribution in [0.15, 0.2) is 5.10 Å². The van der Waals surface area contributed by atoms with Crippen LogP contribution in [-0.2, 0) is 4.74 Å². The molecule has 0 bridgehead atoms. The molecule has 2 rings (SSSR count). The molecule has 0 aromatic heterocycles. The molecule has 1 aliphatic heterocycles. The number of nitrogens with one attached hydrogen (secondary N) is 1. The van der Waals surface area contributed by atoms with Crippen molar-refractivity contribution in [2.24, 2.45) is 5.10 Å². The number of hydrogen-bond acceptors (Lipinski definition) is 3.